The Morgan fingerprint density at radius 1 is 0.418 bits per heavy atom. The smallest absolute Gasteiger partial charge is 0.220 e. The van der Waals surface area contributed by atoms with Gasteiger partial charge < -0.3 is 15.5 Å². The molecule has 326 valence electrons. The van der Waals surface area contributed by atoms with Crippen LogP contribution < -0.4 is 5.32 Å². The fraction of sp³-hybridized carbons (Fsp3) is 0.902. The van der Waals surface area contributed by atoms with Crippen molar-refractivity contribution >= 4 is 5.91 Å². The van der Waals surface area contributed by atoms with Gasteiger partial charge in [0.1, 0.15) is 0 Å². The molecule has 2 unspecified atom stereocenters. The van der Waals surface area contributed by atoms with E-state index in [1.54, 1.807) is 6.08 Å². The lowest BCUT2D eigenvalue weighted by molar-refractivity contribution is -0.123. The van der Waals surface area contributed by atoms with E-state index in [0.29, 0.717) is 6.42 Å². The van der Waals surface area contributed by atoms with E-state index < -0.39 is 12.1 Å². The molecule has 1 amide bonds. The van der Waals surface area contributed by atoms with Gasteiger partial charge in [-0.05, 0) is 44.9 Å². The minimum Gasteiger partial charge on any atom is -0.394 e. The van der Waals surface area contributed by atoms with Crippen molar-refractivity contribution in [3.63, 3.8) is 0 Å². The normalized spacial score (nSPS) is 13.0. The number of carbonyl (C=O) groups is 1. The van der Waals surface area contributed by atoms with Crippen LogP contribution in [-0.4, -0.2) is 34.9 Å². The summed E-state index contributed by atoms with van der Waals surface area (Å²) in [7, 11) is 0. The number of aliphatic hydroxyl groups excluding tert-OH is 2. The first-order valence-corrected chi connectivity index (χ1v) is 25.1. The van der Waals surface area contributed by atoms with Crippen LogP contribution in [0.2, 0.25) is 0 Å². The highest BCUT2D eigenvalue weighted by molar-refractivity contribution is 5.76. The molecule has 0 saturated carbocycles. The molecule has 4 heteroatoms. The van der Waals surface area contributed by atoms with Crippen molar-refractivity contribution in [3.8, 4) is 0 Å². The van der Waals surface area contributed by atoms with Crippen molar-refractivity contribution in [1.29, 1.82) is 0 Å². The van der Waals surface area contributed by atoms with Crippen molar-refractivity contribution in [2.45, 2.75) is 289 Å². The zero-order valence-electron chi connectivity index (χ0n) is 37.5. The molecule has 0 fully saturated rings. The largest absolute Gasteiger partial charge is 0.394 e. The average Bonchev–Trinajstić information content (AvgIpc) is 3.19. The number of amides is 1. The molecule has 0 aromatic rings. The van der Waals surface area contributed by atoms with Gasteiger partial charge in [0.2, 0.25) is 5.91 Å². The standard InChI is InChI=1S/C51H99NO3/c1-3-5-7-9-11-13-15-16-17-18-19-20-21-22-23-24-25-26-27-28-29-30-31-32-33-34-35-36-37-39-41-43-45-47-51(55)52-49(48-53)50(54)46-44-42-40-38-14-12-10-8-6-4-2/h22-23,44,46,49-50,53-54H,3-21,24-43,45,47-48H2,1-2H3,(H,52,55)/b23-22-,46-44+. The van der Waals surface area contributed by atoms with Crippen LogP contribution in [-0.2, 0) is 4.79 Å². The highest BCUT2D eigenvalue weighted by atomic mass is 16.3. The van der Waals surface area contributed by atoms with E-state index in [2.05, 4.69) is 31.3 Å². The summed E-state index contributed by atoms with van der Waals surface area (Å²) < 4.78 is 0. The molecule has 0 aromatic carbocycles. The number of hydrogen-bond donors (Lipinski definition) is 3. The number of allylic oxidation sites excluding steroid dienone is 3. The van der Waals surface area contributed by atoms with Crippen LogP contribution >= 0.6 is 0 Å². The SMILES string of the molecule is CCCCCCCCCC/C=C/C(O)C(CO)NC(=O)CCCCCCCCCCCCCCCCCCC/C=C\CCCCCCCCCCCCCC. The van der Waals surface area contributed by atoms with E-state index in [4.69, 9.17) is 0 Å². The van der Waals surface area contributed by atoms with E-state index >= 15 is 0 Å². The summed E-state index contributed by atoms with van der Waals surface area (Å²) in [5.74, 6) is -0.0621. The topological polar surface area (TPSA) is 69.6 Å². The predicted molar refractivity (Wildman–Crippen MR) is 244 cm³/mol. The molecule has 0 aromatic heterocycles. The minimum absolute atomic E-state index is 0.0621. The Balaban J connectivity index is 3.39. The lowest BCUT2D eigenvalue weighted by atomic mass is 10.0. The van der Waals surface area contributed by atoms with E-state index in [9.17, 15) is 15.0 Å². The zero-order valence-corrected chi connectivity index (χ0v) is 37.5. The third kappa shape index (κ3) is 43.8. The maximum absolute atomic E-state index is 12.4. The van der Waals surface area contributed by atoms with Crippen LogP contribution in [0.5, 0.6) is 0 Å². The van der Waals surface area contributed by atoms with Crippen molar-refractivity contribution < 1.29 is 15.0 Å². The Morgan fingerprint density at radius 2 is 0.691 bits per heavy atom. The number of nitrogens with one attached hydrogen (secondary N) is 1. The van der Waals surface area contributed by atoms with E-state index in [1.165, 1.54) is 231 Å². The number of rotatable bonds is 46. The molecule has 0 bridgehead atoms. The Kier molecular flexibility index (Phi) is 46.3. The zero-order chi connectivity index (χ0) is 40.0. The molecule has 0 aliphatic rings. The molecule has 0 spiro atoms. The first-order valence-electron chi connectivity index (χ1n) is 25.1. The van der Waals surface area contributed by atoms with E-state index in [0.717, 1.165) is 25.7 Å². The number of carbonyl (C=O) groups excluding carboxylic acids is 1. The quantitative estimate of drug-likeness (QED) is 0.0426. The van der Waals surface area contributed by atoms with Gasteiger partial charge in [-0.2, -0.15) is 0 Å². The molecular weight excluding hydrogens is 675 g/mol. The van der Waals surface area contributed by atoms with E-state index in [1.807, 2.05) is 6.08 Å². The summed E-state index contributed by atoms with van der Waals surface area (Å²) in [6, 6.07) is -0.617. The van der Waals surface area contributed by atoms with Crippen LogP contribution in [0, 0.1) is 0 Å². The molecule has 0 aliphatic carbocycles. The van der Waals surface area contributed by atoms with Crippen molar-refractivity contribution in [2.75, 3.05) is 6.61 Å². The lowest BCUT2D eigenvalue weighted by Crippen LogP contribution is -2.45. The first kappa shape index (κ1) is 53.9. The number of unbranched alkanes of at least 4 members (excludes halogenated alkanes) is 37. The van der Waals surface area contributed by atoms with Crippen LogP contribution in [0.15, 0.2) is 24.3 Å². The maximum Gasteiger partial charge on any atom is 0.220 e. The monoisotopic (exact) mass is 774 g/mol. The van der Waals surface area contributed by atoms with Gasteiger partial charge in [0.05, 0.1) is 18.8 Å². The Bertz CT molecular complexity index is 795. The molecule has 3 N–H and O–H groups in total. The van der Waals surface area contributed by atoms with Gasteiger partial charge in [0, 0.05) is 6.42 Å². The first-order chi connectivity index (χ1) is 27.2. The molecule has 0 saturated heterocycles. The number of aliphatic hydroxyl groups is 2. The minimum atomic E-state index is -0.834. The van der Waals surface area contributed by atoms with Gasteiger partial charge >= 0.3 is 0 Å². The van der Waals surface area contributed by atoms with Gasteiger partial charge in [-0.3, -0.25) is 4.79 Å². The van der Waals surface area contributed by atoms with Crippen molar-refractivity contribution in [3.05, 3.63) is 24.3 Å². The second-order valence-electron chi connectivity index (χ2n) is 17.2. The molecule has 4 nitrogen and oxygen atoms in total. The molecule has 0 aliphatic heterocycles. The third-order valence-electron chi connectivity index (χ3n) is 11.7. The van der Waals surface area contributed by atoms with Gasteiger partial charge in [0.15, 0.2) is 0 Å². The van der Waals surface area contributed by atoms with Gasteiger partial charge in [-0.25, -0.2) is 0 Å². The summed E-state index contributed by atoms with van der Waals surface area (Å²) in [6.07, 6.45) is 61.9. The maximum atomic E-state index is 12.4. The highest BCUT2D eigenvalue weighted by Gasteiger charge is 2.18. The second kappa shape index (κ2) is 47.2. The molecule has 0 rings (SSSR count). The Hall–Kier alpha value is -1.13. The fourth-order valence-corrected chi connectivity index (χ4v) is 7.82. The molecule has 55 heavy (non-hydrogen) atoms. The summed E-state index contributed by atoms with van der Waals surface area (Å²) in [4.78, 5) is 12.4. The summed E-state index contributed by atoms with van der Waals surface area (Å²) in [5, 5.41) is 22.9. The van der Waals surface area contributed by atoms with Crippen molar-refractivity contribution in [2.24, 2.45) is 0 Å². The van der Waals surface area contributed by atoms with Gasteiger partial charge in [-0.1, -0.05) is 250 Å². The van der Waals surface area contributed by atoms with Gasteiger partial charge in [-0.15, -0.1) is 0 Å². The average molecular weight is 774 g/mol. The summed E-state index contributed by atoms with van der Waals surface area (Å²) in [5.41, 5.74) is 0. The number of hydrogen-bond acceptors (Lipinski definition) is 3. The van der Waals surface area contributed by atoms with Crippen LogP contribution in [0.4, 0.5) is 0 Å². The van der Waals surface area contributed by atoms with Crippen LogP contribution in [0.25, 0.3) is 0 Å². The Labute approximate surface area is 345 Å². The van der Waals surface area contributed by atoms with E-state index in [-0.39, 0.29) is 12.5 Å². The molecule has 0 radical (unpaired) electrons. The van der Waals surface area contributed by atoms with Crippen LogP contribution in [0.1, 0.15) is 277 Å². The third-order valence-corrected chi connectivity index (χ3v) is 11.7. The second-order valence-corrected chi connectivity index (χ2v) is 17.2. The lowest BCUT2D eigenvalue weighted by Gasteiger charge is -2.20. The molecular formula is C51H99NO3. The predicted octanol–water partition coefficient (Wildman–Crippen LogP) is 16.0. The van der Waals surface area contributed by atoms with Gasteiger partial charge in [0.25, 0.3) is 0 Å². The summed E-state index contributed by atoms with van der Waals surface area (Å²) in [6.45, 7) is 4.31. The molecule has 2 atom stereocenters. The van der Waals surface area contributed by atoms with Crippen LogP contribution in [0.3, 0.4) is 0 Å². The summed E-state index contributed by atoms with van der Waals surface area (Å²) >= 11 is 0. The Morgan fingerprint density at radius 3 is 1.00 bits per heavy atom. The highest BCUT2D eigenvalue weighted by Crippen LogP contribution is 2.16. The molecule has 0 heterocycles. The van der Waals surface area contributed by atoms with Crippen molar-refractivity contribution in [1.82, 2.24) is 5.32 Å². The fourth-order valence-electron chi connectivity index (χ4n) is 7.82.